The smallest absolute Gasteiger partial charge is 0.325 e. The van der Waals surface area contributed by atoms with E-state index in [1.165, 1.54) is 0 Å². The summed E-state index contributed by atoms with van der Waals surface area (Å²) in [5, 5.41) is 13.7. The van der Waals surface area contributed by atoms with Crippen molar-refractivity contribution in [3.05, 3.63) is 64.7 Å². The summed E-state index contributed by atoms with van der Waals surface area (Å²) in [6.07, 6.45) is -1.03. The molecule has 2 aromatic carbocycles. The van der Waals surface area contributed by atoms with Crippen LogP contribution >= 0.6 is 11.6 Å². The molecule has 0 spiro atoms. The summed E-state index contributed by atoms with van der Waals surface area (Å²) in [6.45, 7) is 7.68. The highest BCUT2D eigenvalue weighted by atomic mass is 35.5. The summed E-state index contributed by atoms with van der Waals surface area (Å²) in [6, 6.07) is 13.8. The monoisotopic (exact) mass is 430 g/mol. The van der Waals surface area contributed by atoms with E-state index in [4.69, 9.17) is 16.3 Å². The SMILES string of the molecule is CC(C)(C)c1ccccc1OCC(O)CN1C(=O)NC(C)(c2ccc(Cl)cc2)C1=O. The number of halogens is 1. The molecule has 6 nitrogen and oxygen atoms in total. The fourth-order valence-corrected chi connectivity index (χ4v) is 3.63. The number of aliphatic hydroxyl groups is 1. The first-order chi connectivity index (χ1) is 14.0. The summed E-state index contributed by atoms with van der Waals surface area (Å²) in [4.78, 5) is 26.5. The topological polar surface area (TPSA) is 78.9 Å². The molecule has 3 rings (SSSR count). The van der Waals surface area contributed by atoms with Gasteiger partial charge in [0.05, 0.1) is 6.54 Å². The van der Waals surface area contributed by atoms with Crippen molar-refractivity contribution in [2.75, 3.05) is 13.2 Å². The molecule has 3 amide bonds. The van der Waals surface area contributed by atoms with Crippen LogP contribution in [0.1, 0.15) is 38.8 Å². The van der Waals surface area contributed by atoms with E-state index in [1.54, 1.807) is 31.2 Å². The van der Waals surface area contributed by atoms with Gasteiger partial charge in [-0.1, -0.05) is 62.7 Å². The van der Waals surface area contributed by atoms with Gasteiger partial charge in [-0.05, 0) is 41.7 Å². The van der Waals surface area contributed by atoms with Crippen LogP contribution in [0.4, 0.5) is 4.79 Å². The number of benzene rings is 2. The Labute approximate surface area is 181 Å². The van der Waals surface area contributed by atoms with Crippen LogP contribution in [0.5, 0.6) is 5.75 Å². The summed E-state index contributed by atoms with van der Waals surface area (Å²) >= 11 is 5.92. The minimum Gasteiger partial charge on any atom is -0.491 e. The summed E-state index contributed by atoms with van der Waals surface area (Å²) in [7, 11) is 0. The number of carbonyl (C=O) groups excluding carboxylic acids is 2. The molecule has 0 radical (unpaired) electrons. The maximum Gasteiger partial charge on any atom is 0.325 e. The lowest BCUT2D eigenvalue weighted by Crippen LogP contribution is -2.42. The van der Waals surface area contributed by atoms with Crippen LogP contribution < -0.4 is 10.1 Å². The molecule has 160 valence electrons. The highest BCUT2D eigenvalue weighted by Crippen LogP contribution is 2.32. The molecule has 1 saturated heterocycles. The molecule has 0 saturated carbocycles. The summed E-state index contributed by atoms with van der Waals surface area (Å²) < 4.78 is 5.82. The molecular formula is C23H27ClN2O4. The summed E-state index contributed by atoms with van der Waals surface area (Å²) in [5.41, 5.74) is 0.313. The lowest BCUT2D eigenvalue weighted by atomic mass is 9.86. The molecule has 30 heavy (non-hydrogen) atoms. The Morgan fingerprint density at radius 2 is 1.77 bits per heavy atom. The number of nitrogens with zero attached hydrogens (tertiary/aromatic N) is 1. The van der Waals surface area contributed by atoms with Gasteiger partial charge < -0.3 is 15.2 Å². The van der Waals surface area contributed by atoms with Crippen molar-refractivity contribution in [2.24, 2.45) is 0 Å². The van der Waals surface area contributed by atoms with E-state index in [9.17, 15) is 14.7 Å². The Hall–Kier alpha value is -2.57. The number of hydrogen-bond donors (Lipinski definition) is 2. The highest BCUT2D eigenvalue weighted by Gasteiger charge is 2.49. The third-order valence-corrected chi connectivity index (χ3v) is 5.47. The third-order valence-electron chi connectivity index (χ3n) is 5.22. The van der Waals surface area contributed by atoms with Gasteiger partial charge in [0, 0.05) is 5.02 Å². The van der Waals surface area contributed by atoms with Gasteiger partial charge in [0.25, 0.3) is 5.91 Å². The standard InChI is InChI=1S/C23H27ClN2O4/c1-22(2,3)18-7-5-6-8-19(18)30-14-17(27)13-26-20(28)23(4,25-21(26)29)15-9-11-16(24)12-10-15/h5-12,17,27H,13-14H2,1-4H3,(H,25,29). The van der Waals surface area contributed by atoms with Gasteiger partial charge in [0.2, 0.25) is 0 Å². The molecule has 1 aliphatic heterocycles. The number of ether oxygens (including phenoxy) is 1. The number of urea groups is 1. The Kier molecular flexibility index (Phi) is 6.11. The molecule has 1 heterocycles. The second-order valence-corrected chi connectivity index (χ2v) is 9.13. The van der Waals surface area contributed by atoms with E-state index in [-0.39, 0.29) is 18.6 Å². The number of imide groups is 1. The van der Waals surface area contributed by atoms with Crippen LogP contribution in [0.25, 0.3) is 0 Å². The van der Waals surface area contributed by atoms with E-state index in [0.717, 1.165) is 10.5 Å². The zero-order chi connectivity index (χ0) is 22.1. The highest BCUT2D eigenvalue weighted by molar-refractivity contribution is 6.30. The molecule has 0 aliphatic carbocycles. The molecule has 0 aromatic heterocycles. The minimum absolute atomic E-state index is 0.0399. The van der Waals surface area contributed by atoms with Crippen LogP contribution in [0, 0.1) is 0 Å². The Morgan fingerprint density at radius 1 is 1.13 bits per heavy atom. The molecule has 7 heteroatoms. The van der Waals surface area contributed by atoms with Crippen molar-refractivity contribution < 1.29 is 19.4 Å². The quantitative estimate of drug-likeness (QED) is 0.682. The maximum atomic E-state index is 13.0. The van der Waals surface area contributed by atoms with Gasteiger partial charge in [-0.3, -0.25) is 9.69 Å². The number of hydrogen-bond acceptors (Lipinski definition) is 4. The predicted molar refractivity (Wildman–Crippen MR) is 116 cm³/mol. The first kappa shape index (κ1) is 22.1. The van der Waals surface area contributed by atoms with E-state index in [0.29, 0.717) is 16.3 Å². The van der Waals surface area contributed by atoms with Crippen LogP contribution in [0.3, 0.4) is 0 Å². The first-order valence-corrected chi connectivity index (χ1v) is 10.2. The number of aliphatic hydroxyl groups excluding tert-OH is 1. The van der Waals surface area contributed by atoms with E-state index in [2.05, 4.69) is 26.1 Å². The largest absolute Gasteiger partial charge is 0.491 e. The van der Waals surface area contributed by atoms with Crippen molar-refractivity contribution in [3.8, 4) is 5.75 Å². The van der Waals surface area contributed by atoms with Crippen LogP contribution in [0.15, 0.2) is 48.5 Å². The second-order valence-electron chi connectivity index (χ2n) is 8.69. The zero-order valence-corrected chi connectivity index (χ0v) is 18.4. The lowest BCUT2D eigenvalue weighted by Gasteiger charge is -2.25. The normalized spacial score (nSPS) is 20.3. The van der Waals surface area contributed by atoms with Gasteiger partial charge in [0.15, 0.2) is 0 Å². The van der Waals surface area contributed by atoms with Gasteiger partial charge in [-0.15, -0.1) is 0 Å². The lowest BCUT2D eigenvalue weighted by molar-refractivity contribution is -0.132. The average molecular weight is 431 g/mol. The van der Waals surface area contributed by atoms with Crippen LogP contribution in [0.2, 0.25) is 5.02 Å². The van der Waals surface area contributed by atoms with E-state index >= 15 is 0 Å². The second kappa shape index (κ2) is 8.28. The predicted octanol–water partition coefficient (Wildman–Crippen LogP) is 3.84. The van der Waals surface area contributed by atoms with Gasteiger partial charge in [-0.2, -0.15) is 0 Å². The number of β-amino-alcohol motifs (C(OH)–C–C–N with tert-alkyl or cyclic N) is 1. The van der Waals surface area contributed by atoms with Gasteiger partial charge in [0.1, 0.15) is 24.0 Å². The van der Waals surface area contributed by atoms with Crippen molar-refractivity contribution in [1.29, 1.82) is 0 Å². The van der Waals surface area contributed by atoms with Crippen LogP contribution in [-0.4, -0.2) is 41.2 Å². The summed E-state index contributed by atoms with van der Waals surface area (Å²) in [5.74, 6) is 0.246. The molecule has 1 aliphatic rings. The third kappa shape index (κ3) is 4.45. The van der Waals surface area contributed by atoms with Crippen LogP contribution in [-0.2, 0) is 15.7 Å². The zero-order valence-electron chi connectivity index (χ0n) is 17.6. The van der Waals surface area contributed by atoms with Gasteiger partial charge in [-0.25, -0.2) is 4.79 Å². The molecule has 2 unspecified atom stereocenters. The van der Waals surface area contributed by atoms with Crippen molar-refractivity contribution in [3.63, 3.8) is 0 Å². The number of nitrogens with one attached hydrogen (secondary N) is 1. The van der Waals surface area contributed by atoms with Crippen molar-refractivity contribution >= 4 is 23.5 Å². The van der Waals surface area contributed by atoms with Gasteiger partial charge >= 0.3 is 6.03 Å². The first-order valence-electron chi connectivity index (χ1n) is 9.83. The number of amides is 3. The number of para-hydroxylation sites is 1. The molecular weight excluding hydrogens is 404 g/mol. The molecule has 2 N–H and O–H groups in total. The molecule has 0 bridgehead atoms. The maximum absolute atomic E-state index is 13.0. The fraction of sp³-hybridized carbons (Fsp3) is 0.391. The van der Waals surface area contributed by atoms with E-state index in [1.807, 2.05) is 24.3 Å². The van der Waals surface area contributed by atoms with E-state index < -0.39 is 23.6 Å². The minimum atomic E-state index is -1.21. The molecule has 2 aromatic rings. The average Bonchev–Trinajstić information content (AvgIpc) is 2.90. The van der Waals surface area contributed by atoms with Crippen molar-refractivity contribution in [2.45, 2.75) is 44.8 Å². The number of rotatable bonds is 6. The fourth-order valence-electron chi connectivity index (χ4n) is 3.50. The Bertz CT molecular complexity index is 939. The Balaban J connectivity index is 1.67. The Morgan fingerprint density at radius 3 is 2.40 bits per heavy atom. The molecule has 2 atom stereocenters. The number of carbonyl (C=O) groups is 2. The van der Waals surface area contributed by atoms with Crippen molar-refractivity contribution in [1.82, 2.24) is 10.2 Å². The molecule has 1 fully saturated rings.